The first kappa shape index (κ1) is 12.3. The van der Waals surface area contributed by atoms with Gasteiger partial charge in [0.25, 0.3) is 8.05 Å². The van der Waals surface area contributed by atoms with Crippen molar-refractivity contribution in [2.75, 3.05) is 6.61 Å². The number of hydrogen-bond acceptors (Lipinski definition) is 3. The Hall–Kier alpha value is -0.765. The largest absolute Gasteiger partial charge is 0.447 e. The monoisotopic (exact) mass is 206 g/mol. The summed E-state index contributed by atoms with van der Waals surface area (Å²) in [7, 11) is 5.09. The summed E-state index contributed by atoms with van der Waals surface area (Å²) in [5.41, 5.74) is 6.77. The van der Waals surface area contributed by atoms with Crippen molar-refractivity contribution in [2.45, 2.75) is 32.1 Å². The first-order chi connectivity index (χ1) is 7.31. The van der Waals surface area contributed by atoms with Crippen molar-refractivity contribution < 1.29 is 4.65 Å². The Morgan fingerprint density at radius 1 is 1.47 bits per heavy atom. The molecule has 0 heterocycles. The SMILES string of the molecule is [B]OCC1CCCC(C=N)/C(=C\N)CC1. The minimum absolute atomic E-state index is 0.245. The van der Waals surface area contributed by atoms with Crippen LogP contribution in [0, 0.1) is 17.2 Å². The number of rotatable bonds is 3. The van der Waals surface area contributed by atoms with E-state index >= 15 is 0 Å². The summed E-state index contributed by atoms with van der Waals surface area (Å²) >= 11 is 0. The lowest BCUT2D eigenvalue weighted by Crippen LogP contribution is -2.16. The highest BCUT2D eigenvalue weighted by molar-refractivity contribution is 5.97. The fourth-order valence-electron chi connectivity index (χ4n) is 2.21. The van der Waals surface area contributed by atoms with Gasteiger partial charge in [0, 0.05) is 18.7 Å². The van der Waals surface area contributed by atoms with Crippen molar-refractivity contribution in [2.24, 2.45) is 17.6 Å². The van der Waals surface area contributed by atoms with Crippen LogP contribution in [-0.4, -0.2) is 20.9 Å². The van der Waals surface area contributed by atoms with Gasteiger partial charge in [-0.25, -0.2) is 0 Å². The summed E-state index contributed by atoms with van der Waals surface area (Å²) in [6, 6.07) is 0. The molecule has 0 aliphatic heterocycles. The van der Waals surface area contributed by atoms with Gasteiger partial charge in [-0.05, 0) is 43.4 Å². The van der Waals surface area contributed by atoms with Gasteiger partial charge >= 0.3 is 0 Å². The van der Waals surface area contributed by atoms with Gasteiger partial charge in [0.15, 0.2) is 0 Å². The average Bonchev–Trinajstić information content (AvgIpc) is 2.23. The summed E-state index contributed by atoms with van der Waals surface area (Å²) < 4.78 is 4.70. The lowest BCUT2D eigenvalue weighted by Gasteiger charge is -2.24. The molecular weight excluding hydrogens is 187 g/mol. The van der Waals surface area contributed by atoms with Gasteiger partial charge in [-0.15, -0.1) is 0 Å². The molecular formula is C11H19BN2O. The van der Waals surface area contributed by atoms with Gasteiger partial charge in [-0.1, -0.05) is 6.42 Å². The van der Waals surface area contributed by atoms with Crippen LogP contribution in [0.4, 0.5) is 0 Å². The molecule has 0 amide bonds. The molecule has 1 saturated carbocycles. The Balaban J connectivity index is 2.54. The molecule has 0 spiro atoms. The molecule has 0 bridgehead atoms. The fourth-order valence-corrected chi connectivity index (χ4v) is 2.21. The van der Waals surface area contributed by atoms with Gasteiger partial charge in [-0.2, -0.15) is 0 Å². The minimum atomic E-state index is 0.245. The van der Waals surface area contributed by atoms with Crippen molar-refractivity contribution in [3.8, 4) is 0 Å². The summed E-state index contributed by atoms with van der Waals surface area (Å²) in [5.74, 6) is 0.784. The van der Waals surface area contributed by atoms with E-state index in [9.17, 15) is 0 Å². The lowest BCUT2D eigenvalue weighted by atomic mass is 9.83. The van der Waals surface area contributed by atoms with E-state index in [1.807, 2.05) is 0 Å². The van der Waals surface area contributed by atoms with E-state index in [4.69, 9.17) is 23.8 Å². The summed E-state index contributed by atoms with van der Waals surface area (Å²) in [6.07, 6.45) is 8.48. The molecule has 1 aliphatic carbocycles. The quantitative estimate of drug-likeness (QED) is 0.546. The second kappa shape index (κ2) is 6.67. The average molecular weight is 206 g/mol. The van der Waals surface area contributed by atoms with E-state index in [-0.39, 0.29) is 5.92 Å². The van der Waals surface area contributed by atoms with Crippen LogP contribution in [0.1, 0.15) is 32.1 Å². The normalized spacial score (nSPS) is 30.8. The van der Waals surface area contributed by atoms with E-state index < -0.39 is 0 Å². The number of hydrogen-bond donors (Lipinski definition) is 2. The molecule has 1 fully saturated rings. The lowest BCUT2D eigenvalue weighted by molar-refractivity contribution is 0.238. The molecule has 0 aromatic carbocycles. The van der Waals surface area contributed by atoms with Gasteiger partial charge < -0.3 is 15.8 Å². The third-order valence-electron chi connectivity index (χ3n) is 3.19. The van der Waals surface area contributed by atoms with Crippen LogP contribution in [0.25, 0.3) is 0 Å². The molecule has 2 unspecified atom stereocenters. The Kier molecular flexibility index (Phi) is 5.47. The minimum Gasteiger partial charge on any atom is -0.447 e. The van der Waals surface area contributed by atoms with E-state index in [0.29, 0.717) is 12.5 Å². The molecule has 0 saturated heterocycles. The second-order valence-electron chi connectivity index (χ2n) is 4.18. The van der Waals surface area contributed by atoms with Crippen LogP contribution in [0.3, 0.4) is 0 Å². The second-order valence-corrected chi connectivity index (χ2v) is 4.18. The van der Waals surface area contributed by atoms with E-state index in [2.05, 4.69) is 0 Å². The molecule has 4 heteroatoms. The molecule has 2 radical (unpaired) electrons. The summed E-state index contributed by atoms with van der Waals surface area (Å²) in [6.45, 7) is 0.632. The number of nitrogens with one attached hydrogen (secondary N) is 1. The van der Waals surface area contributed by atoms with Crippen molar-refractivity contribution >= 4 is 14.3 Å². The van der Waals surface area contributed by atoms with Crippen LogP contribution >= 0.6 is 0 Å². The van der Waals surface area contributed by atoms with Crippen LogP contribution in [-0.2, 0) is 4.65 Å². The van der Waals surface area contributed by atoms with Gasteiger partial charge in [-0.3, -0.25) is 0 Å². The Bertz CT molecular complexity index is 231. The standard InChI is InChI=1S/C11H19BN2O/c12-15-8-9-2-1-3-10(6-13)11(7-14)5-4-9/h6-7,9-10,13H,1-5,8,14H2/b11-7-,13-6?. The highest BCUT2D eigenvalue weighted by Crippen LogP contribution is 2.28. The molecule has 0 aromatic rings. The smallest absolute Gasteiger partial charge is 0.282 e. The third-order valence-corrected chi connectivity index (χ3v) is 3.19. The van der Waals surface area contributed by atoms with Crippen molar-refractivity contribution in [3.63, 3.8) is 0 Å². The molecule has 3 N–H and O–H groups in total. The van der Waals surface area contributed by atoms with E-state index in [0.717, 1.165) is 32.1 Å². The molecule has 82 valence electrons. The van der Waals surface area contributed by atoms with Crippen LogP contribution < -0.4 is 5.73 Å². The molecule has 15 heavy (non-hydrogen) atoms. The van der Waals surface area contributed by atoms with Gasteiger partial charge in [0.1, 0.15) is 0 Å². The van der Waals surface area contributed by atoms with Crippen LogP contribution in [0.15, 0.2) is 11.8 Å². The van der Waals surface area contributed by atoms with Crippen LogP contribution in [0.2, 0.25) is 0 Å². The Labute approximate surface area is 93.0 Å². The predicted octanol–water partition coefficient (Wildman–Crippen LogP) is 1.78. The van der Waals surface area contributed by atoms with Crippen molar-refractivity contribution in [1.82, 2.24) is 0 Å². The maximum atomic E-state index is 7.36. The first-order valence-corrected chi connectivity index (χ1v) is 5.54. The zero-order valence-corrected chi connectivity index (χ0v) is 9.11. The molecule has 1 aliphatic rings. The summed E-state index contributed by atoms with van der Waals surface area (Å²) in [4.78, 5) is 0. The molecule has 1 rings (SSSR count). The van der Waals surface area contributed by atoms with Crippen LogP contribution in [0.5, 0.6) is 0 Å². The zero-order valence-electron chi connectivity index (χ0n) is 9.11. The third kappa shape index (κ3) is 3.70. The Morgan fingerprint density at radius 3 is 2.87 bits per heavy atom. The van der Waals surface area contributed by atoms with Gasteiger partial charge in [0.2, 0.25) is 0 Å². The highest BCUT2D eigenvalue weighted by atomic mass is 16.4. The highest BCUT2D eigenvalue weighted by Gasteiger charge is 2.18. The van der Waals surface area contributed by atoms with Crippen molar-refractivity contribution in [1.29, 1.82) is 5.41 Å². The van der Waals surface area contributed by atoms with E-state index in [1.54, 1.807) is 6.20 Å². The first-order valence-electron chi connectivity index (χ1n) is 5.54. The Morgan fingerprint density at radius 2 is 2.27 bits per heavy atom. The number of allylic oxidation sites excluding steroid dienone is 1. The fraction of sp³-hybridized carbons (Fsp3) is 0.727. The zero-order chi connectivity index (χ0) is 11.1. The van der Waals surface area contributed by atoms with Gasteiger partial charge in [0.05, 0.1) is 0 Å². The number of nitrogens with two attached hydrogens (primary N) is 1. The summed E-state index contributed by atoms with van der Waals surface area (Å²) in [5, 5.41) is 7.36. The molecule has 0 aromatic heterocycles. The molecule has 2 atom stereocenters. The molecule has 3 nitrogen and oxygen atoms in total. The maximum absolute atomic E-state index is 7.36. The van der Waals surface area contributed by atoms with E-state index in [1.165, 1.54) is 11.8 Å². The maximum Gasteiger partial charge on any atom is 0.282 e. The van der Waals surface area contributed by atoms with Crippen molar-refractivity contribution in [3.05, 3.63) is 11.8 Å². The topological polar surface area (TPSA) is 59.1 Å². The predicted molar refractivity (Wildman–Crippen MR) is 62.8 cm³/mol.